The van der Waals surface area contributed by atoms with Gasteiger partial charge in [0.25, 0.3) is 5.91 Å². The van der Waals surface area contributed by atoms with Crippen molar-refractivity contribution < 1.29 is 18.7 Å². The molecular formula is C27H25N3O4S. The lowest BCUT2D eigenvalue weighted by Gasteiger charge is -2.28. The van der Waals surface area contributed by atoms with Crippen molar-refractivity contribution in [2.75, 3.05) is 13.1 Å². The zero-order valence-electron chi connectivity index (χ0n) is 19.5. The number of thiophene rings is 1. The zero-order chi connectivity index (χ0) is 24.1. The number of rotatable bonds is 5. The van der Waals surface area contributed by atoms with E-state index in [0.29, 0.717) is 41.1 Å². The molecule has 178 valence electrons. The zero-order valence-corrected chi connectivity index (χ0v) is 20.3. The Morgan fingerprint density at radius 2 is 2.06 bits per heavy atom. The third-order valence-electron chi connectivity index (χ3n) is 6.88. The lowest BCUT2D eigenvalue weighted by Crippen LogP contribution is -2.46. The molecular weight excluding hydrogens is 462 g/mol. The summed E-state index contributed by atoms with van der Waals surface area (Å²) in [4.78, 5) is 33.4. The second-order valence-electron chi connectivity index (χ2n) is 9.33. The number of piperidine rings is 1. The van der Waals surface area contributed by atoms with Gasteiger partial charge in [-0.3, -0.25) is 4.79 Å². The lowest BCUT2D eigenvalue weighted by molar-refractivity contribution is 0.0706. The van der Waals surface area contributed by atoms with E-state index in [0.717, 1.165) is 34.5 Å². The Morgan fingerprint density at radius 3 is 2.91 bits per heavy atom. The summed E-state index contributed by atoms with van der Waals surface area (Å²) < 4.78 is 11.1. The molecule has 0 spiro atoms. The first kappa shape index (κ1) is 21.9. The maximum Gasteiger partial charge on any atom is 0.412 e. The number of fused-ring (bicyclic) bond motifs is 2. The minimum absolute atomic E-state index is 0.0250. The number of aryl methyl sites for hydroxylation is 2. The van der Waals surface area contributed by atoms with Gasteiger partial charge in [0.05, 0.1) is 11.6 Å². The minimum atomic E-state index is -0.570. The number of carbonyl (C=O) groups is 2. The van der Waals surface area contributed by atoms with Crippen LogP contribution in [-0.2, 0) is 0 Å². The first-order valence-corrected chi connectivity index (χ1v) is 12.6. The number of para-hydroxylation sites is 1. The summed E-state index contributed by atoms with van der Waals surface area (Å²) >= 11 is 1.58. The van der Waals surface area contributed by atoms with Crippen molar-refractivity contribution in [3.8, 4) is 16.2 Å². The van der Waals surface area contributed by atoms with Gasteiger partial charge >= 0.3 is 6.09 Å². The van der Waals surface area contributed by atoms with Gasteiger partial charge in [-0.2, -0.15) is 0 Å². The predicted octanol–water partition coefficient (Wildman–Crippen LogP) is 5.42. The number of oxazole rings is 1. The van der Waals surface area contributed by atoms with E-state index in [1.807, 2.05) is 28.5 Å². The Morgan fingerprint density at radius 1 is 1.20 bits per heavy atom. The van der Waals surface area contributed by atoms with Crippen LogP contribution < -0.4 is 10.1 Å². The molecule has 0 radical (unpaired) electrons. The van der Waals surface area contributed by atoms with Gasteiger partial charge in [0.2, 0.25) is 0 Å². The van der Waals surface area contributed by atoms with Gasteiger partial charge < -0.3 is 19.4 Å². The topological polar surface area (TPSA) is 84.7 Å². The molecule has 4 aromatic rings. The normalized spacial score (nSPS) is 20.6. The highest BCUT2D eigenvalue weighted by Crippen LogP contribution is 2.50. The molecule has 2 amide bonds. The van der Waals surface area contributed by atoms with Crippen LogP contribution in [-0.4, -0.2) is 41.0 Å². The fourth-order valence-electron chi connectivity index (χ4n) is 5.15. The number of amides is 2. The molecule has 7 nitrogen and oxygen atoms in total. The maximum absolute atomic E-state index is 13.6. The average molecular weight is 488 g/mol. The van der Waals surface area contributed by atoms with Crippen LogP contribution in [0, 0.1) is 25.7 Å². The van der Waals surface area contributed by atoms with Crippen LogP contribution in [0.25, 0.3) is 21.5 Å². The molecule has 3 atom stereocenters. The Kier molecular flexibility index (Phi) is 5.33. The van der Waals surface area contributed by atoms with Crippen LogP contribution in [0.4, 0.5) is 4.79 Å². The molecule has 2 aliphatic rings. The van der Waals surface area contributed by atoms with Crippen molar-refractivity contribution in [2.24, 2.45) is 11.8 Å². The first-order chi connectivity index (χ1) is 17.0. The Labute approximate surface area is 206 Å². The highest BCUT2D eigenvalue weighted by molar-refractivity contribution is 7.14. The number of hydrogen-bond acceptors (Lipinski definition) is 6. The molecule has 2 aromatic carbocycles. The summed E-state index contributed by atoms with van der Waals surface area (Å²) in [5, 5.41) is 4.84. The number of ether oxygens (including phenoxy) is 1. The second kappa shape index (κ2) is 8.53. The fraction of sp³-hybridized carbons (Fsp3) is 0.296. The summed E-state index contributed by atoms with van der Waals surface area (Å²) in [5.41, 5.74) is 4.03. The van der Waals surface area contributed by atoms with Crippen molar-refractivity contribution in [3.05, 3.63) is 70.9 Å². The summed E-state index contributed by atoms with van der Waals surface area (Å²) in [6, 6.07) is 15.3. The molecule has 1 saturated heterocycles. The standard InChI is InChI=1S/C27H25N3O4S/c1-15-5-3-6-17(11-15)25-19(9-10-35-25)26(31)30-14-18-12-20(18)22(30)13-28-27(32)34-23-8-4-7-21-24(23)33-16(2)29-21/h3-11,18,20,22H,12-14H2,1-2H3,(H,28,32)/t18-,20-,22+/m0/s1. The monoisotopic (exact) mass is 487 g/mol. The van der Waals surface area contributed by atoms with E-state index in [2.05, 4.69) is 29.4 Å². The van der Waals surface area contributed by atoms with E-state index >= 15 is 0 Å². The number of nitrogens with zero attached hydrogens (tertiary/aromatic N) is 2. The first-order valence-electron chi connectivity index (χ1n) is 11.8. The quantitative estimate of drug-likeness (QED) is 0.406. The molecule has 0 bridgehead atoms. The average Bonchev–Trinajstić information content (AvgIpc) is 3.16. The molecule has 1 aliphatic heterocycles. The van der Waals surface area contributed by atoms with Crippen LogP contribution in [0.3, 0.4) is 0 Å². The molecule has 6 rings (SSSR count). The van der Waals surface area contributed by atoms with Gasteiger partial charge in [0.15, 0.2) is 17.2 Å². The Balaban J connectivity index is 1.16. The number of carbonyl (C=O) groups excluding carboxylic acids is 2. The van der Waals surface area contributed by atoms with Crippen molar-refractivity contribution >= 4 is 34.4 Å². The number of aromatic nitrogens is 1. The van der Waals surface area contributed by atoms with E-state index in [1.54, 1.807) is 36.5 Å². The van der Waals surface area contributed by atoms with Gasteiger partial charge in [0, 0.05) is 24.9 Å². The van der Waals surface area contributed by atoms with Crippen LogP contribution in [0.2, 0.25) is 0 Å². The summed E-state index contributed by atoms with van der Waals surface area (Å²) in [7, 11) is 0. The van der Waals surface area contributed by atoms with Gasteiger partial charge in [0.1, 0.15) is 5.52 Å². The maximum atomic E-state index is 13.6. The molecule has 3 heterocycles. The molecule has 1 N–H and O–H groups in total. The van der Waals surface area contributed by atoms with E-state index in [-0.39, 0.29) is 11.9 Å². The molecule has 0 unspecified atom stereocenters. The van der Waals surface area contributed by atoms with Crippen LogP contribution in [0.1, 0.15) is 28.2 Å². The van der Waals surface area contributed by atoms with Gasteiger partial charge in [-0.15, -0.1) is 11.3 Å². The van der Waals surface area contributed by atoms with Crippen molar-refractivity contribution in [3.63, 3.8) is 0 Å². The number of nitrogens with one attached hydrogen (secondary N) is 1. The largest absolute Gasteiger partial charge is 0.437 e. The third-order valence-corrected chi connectivity index (χ3v) is 7.85. The van der Waals surface area contributed by atoms with Gasteiger partial charge in [-0.25, -0.2) is 9.78 Å². The van der Waals surface area contributed by atoms with E-state index < -0.39 is 6.09 Å². The number of likely N-dealkylation sites (tertiary alicyclic amines) is 1. The van der Waals surface area contributed by atoms with Crippen LogP contribution in [0.15, 0.2) is 58.3 Å². The second-order valence-corrected chi connectivity index (χ2v) is 10.2. The summed E-state index contributed by atoms with van der Waals surface area (Å²) in [6.45, 7) is 4.88. The van der Waals surface area contributed by atoms with Crippen LogP contribution >= 0.6 is 11.3 Å². The molecule has 8 heteroatoms. The van der Waals surface area contributed by atoms with E-state index in [9.17, 15) is 9.59 Å². The SMILES string of the molecule is Cc1cccc(-c2sccc2C(=O)N2C[C@@H]3C[C@@H]3[C@H]2CNC(=O)Oc2cccc3nc(C)oc23)c1. The molecule has 2 fully saturated rings. The highest BCUT2D eigenvalue weighted by atomic mass is 32.1. The van der Waals surface area contributed by atoms with E-state index in [4.69, 9.17) is 9.15 Å². The number of benzene rings is 2. The van der Waals surface area contributed by atoms with Crippen molar-refractivity contribution in [1.29, 1.82) is 0 Å². The third kappa shape index (κ3) is 4.08. The predicted molar refractivity (Wildman–Crippen MR) is 134 cm³/mol. The Hall–Kier alpha value is -3.65. The van der Waals surface area contributed by atoms with Gasteiger partial charge in [-0.1, -0.05) is 35.9 Å². The summed E-state index contributed by atoms with van der Waals surface area (Å²) in [5.74, 6) is 1.78. The van der Waals surface area contributed by atoms with Gasteiger partial charge in [-0.05, 0) is 54.3 Å². The number of hydrogen-bond donors (Lipinski definition) is 1. The molecule has 1 aliphatic carbocycles. The van der Waals surface area contributed by atoms with Crippen molar-refractivity contribution in [2.45, 2.75) is 26.3 Å². The highest BCUT2D eigenvalue weighted by Gasteiger charge is 2.54. The minimum Gasteiger partial charge on any atom is -0.437 e. The molecule has 2 aromatic heterocycles. The summed E-state index contributed by atoms with van der Waals surface area (Å²) in [6.07, 6.45) is 0.523. The molecule has 1 saturated carbocycles. The smallest absolute Gasteiger partial charge is 0.412 e. The Bertz CT molecular complexity index is 1440. The fourth-order valence-corrected chi connectivity index (χ4v) is 6.03. The van der Waals surface area contributed by atoms with E-state index in [1.165, 1.54) is 0 Å². The lowest BCUT2D eigenvalue weighted by atomic mass is 10.1. The van der Waals surface area contributed by atoms with Crippen molar-refractivity contribution in [1.82, 2.24) is 15.2 Å². The van der Waals surface area contributed by atoms with Crippen LogP contribution in [0.5, 0.6) is 5.75 Å². The molecule has 35 heavy (non-hydrogen) atoms.